The molecule has 0 atom stereocenters. The molecule has 2 rings (SSSR count). The Labute approximate surface area is 192 Å². The van der Waals surface area contributed by atoms with Crippen LogP contribution in [0, 0.1) is 5.92 Å². The summed E-state index contributed by atoms with van der Waals surface area (Å²) >= 11 is 0. The van der Waals surface area contributed by atoms with Gasteiger partial charge in [-0.3, -0.25) is 0 Å². The average molecular weight is 564 g/mol. The van der Waals surface area contributed by atoms with Crippen LogP contribution in [0.15, 0.2) is 29.3 Å². The molecule has 0 radical (unpaired) electrons. The van der Waals surface area contributed by atoms with Gasteiger partial charge in [0.05, 0.1) is 12.8 Å². The van der Waals surface area contributed by atoms with E-state index >= 15 is 0 Å². The number of piperidine rings is 1. The minimum absolute atomic E-state index is 0. The van der Waals surface area contributed by atoms with Gasteiger partial charge in [0.1, 0.15) is 5.75 Å². The number of guanidine groups is 1. The first-order valence-electron chi connectivity index (χ1n) is 9.39. The van der Waals surface area contributed by atoms with E-state index in [0.29, 0.717) is 37.7 Å². The number of hydrogen-bond donors (Lipinski definition) is 2. The van der Waals surface area contributed by atoms with Gasteiger partial charge >= 0.3 is 6.36 Å². The normalized spacial score (nSPS) is 16.6. The van der Waals surface area contributed by atoms with Crippen LogP contribution in [-0.2, 0) is 16.6 Å². The summed E-state index contributed by atoms with van der Waals surface area (Å²) in [5, 5.41) is 6.25. The topological polar surface area (TPSA) is 83.0 Å². The van der Waals surface area contributed by atoms with Gasteiger partial charge in [-0.2, -0.15) is 0 Å². The van der Waals surface area contributed by atoms with Crippen molar-refractivity contribution in [3.05, 3.63) is 29.8 Å². The van der Waals surface area contributed by atoms with Crippen molar-refractivity contribution in [2.45, 2.75) is 32.7 Å². The van der Waals surface area contributed by atoms with Gasteiger partial charge in [0.2, 0.25) is 10.0 Å². The highest BCUT2D eigenvalue weighted by Gasteiger charge is 2.32. The average Bonchev–Trinajstić information content (AvgIpc) is 2.63. The first-order chi connectivity index (χ1) is 13.6. The van der Waals surface area contributed by atoms with E-state index < -0.39 is 16.4 Å². The van der Waals surface area contributed by atoms with Crippen LogP contribution in [0.25, 0.3) is 0 Å². The molecule has 1 aromatic carbocycles. The number of aliphatic imine (C=N–C) groups is 1. The van der Waals surface area contributed by atoms with Gasteiger partial charge in [0, 0.05) is 31.7 Å². The quantitative estimate of drug-likeness (QED) is 0.303. The predicted molar refractivity (Wildman–Crippen MR) is 120 cm³/mol. The second-order valence-corrected chi connectivity index (χ2v) is 8.82. The van der Waals surface area contributed by atoms with Crippen LogP contribution >= 0.6 is 24.0 Å². The number of hydrogen-bond acceptors (Lipinski definition) is 4. The Balaban J connectivity index is 0.00000450. The number of ether oxygens (including phenoxy) is 1. The molecule has 1 heterocycles. The van der Waals surface area contributed by atoms with Gasteiger partial charge in [-0.1, -0.05) is 18.2 Å². The maximum absolute atomic E-state index is 12.5. The second-order valence-electron chi connectivity index (χ2n) is 6.84. The summed E-state index contributed by atoms with van der Waals surface area (Å²) in [6, 6.07) is 5.90. The maximum atomic E-state index is 12.5. The largest absolute Gasteiger partial charge is 0.573 e. The smallest absolute Gasteiger partial charge is 0.405 e. The molecule has 172 valence electrons. The summed E-state index contributed by atoms with van der Waals surface area (Å²) in [5.74, 6) is 0.505. The number of nitrogens with zero attached hydrogens (tertiary/aromatic N) is 2. The van der Waals surface area contributed by atoms with Gasteiger partial charge in [-0.15, -0.1) is 37.1 Å². The van der Waals surface area contributed by atoms with Crippen LogP contribution in [0.4, 0.5) is 13.2 Å². The molecule has 30 heavy (non-hydrogen) atoms. The summed E-state index contributed by atoms with van der Waals surface area (Å²) in [7, 11) is -3.16. The SMILES string of the molecule is CCNC(=NCc1ccccc1OC(F)(F)F)NCC1CCN(S(C)(=O)=O)CC1.I. The molecule has 0 spiro atoms. The Morgan fingerprint density at radius 2 is 1.87 bits per heavy atom. The Morgan fingerprint density at radius 3 is 2.43 bits per heavy atom. The van der Waals surface area contributed by atoms with E-state index in [-0.39, 0.29) is 42.2 Å². The summed E-state index contributed by atoms with van der Waals surface area (Å²) < 4.78 is 66.3. The highest BCUT2D eigenvalue weighted by Crippen LogP contribution is 2.26. The number of benzene rings is 1. The van der Waals surface area contributed by atoms with Gasteiger partial charge < -0.3 is 15.4 Å². The summed E-state index contributed by atoms with van der Waals surface area (Å²) in [6.45, 7) is 4.09. The molecule has 0 amide bonds. The van der Waals surface area contributed by atoms with Crippen LogP contribution in [0.5, 0.6) is 5.75 Å². The van der Waals surface area contributed by atoms with Crippen LogP contribution in [0.3, 0.4) is 0 Å². The van der Waals surface area contributed by atoms with Crippen LogP contribution in [0.2, 0.25) is 0 Å². The van der Waals surface area contributed by atoms with Gasteiger partial charge in [-0.05, 0) is 31.7 Å². The molecule has 0 aliphatic carbocycles. The van der Waals surface area contributed by atoms with E-state index in [4.69, 9.17) is 0 Å². The Hall–Kier alpha value is -1.28. The molecule has 12 heteroatoms. The lowest BCUT2D eigenvalue weighted by atomic mass is 9.98. The molecule has 1 aliphatic heterocycles. The van der Waals surface area contributed by atoms with Crippen LogP contribution in [0.1, 0.15) is 25.3 Å². The van der Waals surface area contributed by atoms with Crippen LogP contribution in [-0.4, -0.2) is 57.5 Å². The molecule has 0 unspecified atom stereocenters. The molecular weight excluding hydrogens is 536 g/mol. The fourth-order valence-electron chi connectivity index (χ4n) is 3.05. The number of halogens is 4. The fraction of sp³-hybridized carbons (Fsp3) is 0.611. The standard InChI is InChI=1S/C18H27F3N4O3S.HI/c1-3-22-17(23-12-14-8-10-25(11-9-14)29(2,26)27)24-13-15-6-4-5-7-16(15)28-18(19,20)21;/h4-7,14H,3,8-13H2,1-2H3,(H2,22,23,24);1H. The molecule has 1 aromatic rings. The first kappa shape index (κ1) is 26.8. The van der Waals surface area contributed by atoms with Crippen molar-refractivity contribution in [2.75, 3.05) is 32.4 Å². The van der Waals surface area contributed by atoms with Crippen molar-refractivity contribution in [3.8, 4) is 5.75 Å². The van der Waals surface area contributed by atoms with Crippen molar-refractivity contribution in [3.63, 3.8) is 0 Å². The van der Waals surface area contributed by atoms with Crippen molar-refractivity contribution in [2.24, 2.45) is 10.9 Å². The molecule has 1 aliphatic rings. The minimum atomic E-state index is -4.76. The molecule has 1 saturated heterocycles. The zero-order valence-corrected chi connectivity index (χ0v) is 20.1. The molecule has 2 N–H and O–H groups in total. The Bertz CT molecular complexity index is 798. The fourth-order valence-corrected chi connectivity index (χ4v) is 3.92. The molecule has 1 fully saturated rings. The third kappa shape index (κ3) is 9.25. The van der Waals surface area contributed by atoms with Crippen molar-refractivity contribution in [1.29, 1.82) is 0 Å². The number of sulfonamides is 1. The lowest BCUT2D eigenvalue weighted by molar-refractivity contribution is -0.274. The maximum Gasteiger partial charge on any atom is 0.573 e. The van der Waals surface area contributed by atoms with Crippen LogP contribution < -0.4 is 15.4 Å². The predicted octanol–water partition coefficient (Wildman–Crippen LogP) is 2.93. The third-order valence-electron chi connectivity index (χ3n) is 4.55. The summed E-state index contributed by atoms with van der Waals surface area (Å²) in [5.41, 5.74) is 0.323. The molecule has 7 nitrogen and oxygen atoms in total. The molecule has 0 saturated carbocycles. The van der Waals surface area contributed by atoms with E-state index in [1.165, 1.54) is 28.8 Å². The summed E-state index contributed by atoms with van der Waals surface area (Å²) in [6.07, 6.45) is -2.07. The number of alkyl halides is 3. The van der Waals surface area contributed by atoms with E-state index in [1.807, 2.05) is 6.92 Å². The summed E-state index contributed by atoms with van der Waals surface area (Å²) in [4.78, 5) is 4.35. The van der Waals surface area contributed by atoms with E-state index in [2.05, 4.69) is 20.4 Å². The highest BCUT2D eigenvalue weighted by atomic mass is 127. The number of nitrogens with one attached hydrogen (secondary N) is 2. The molecular formula is C18H28F3IN4O3S. The van der Waals surface area contributed by atoms with Crippen molar-refractivity contribution >= 4 is 40.0 Å². The van der Waals surface area contributed by atoms with Gasteiger partial charge in [0.15, 0.2) is 5.96 Å². The monoisotopic (exact) mass is 564 g/mol. The lowest BCUT2D eigenvalue weighted by Crippen LogP contribution is -2.44. The number of rotatable bonds is 7. The zero-order valence-electron chi connectivity index (χ0n) is 16.9. The molecule has 0 aromatic heterocycles. The Kier molecular flexibility index (Phi) is 10.6. The van der Waals surface area contributed by atoms with Gasteiger partial charge in [-0.25, -0.2) is 17.7 Å². The van der Waals surface area contributed by atoms with E-state index in [1.54, 1.807) is 6.07 Å². The van der Waals surface area contributed by atoms with E-state index in [0.717, 1.165) is 12.8 Å². The van der Waals surface area contributed by atoms with Gasteiger partial charge in [0.25, 0.3) is 0 Å². The first-order valence-corrected chi connectivity index (χ1v) is 11.2. The van der Waals surface area contributed by atoms with Crippen molar-refractivity contribution in [1.82, 2.24) is 14.9 Å². The van der Waals surface area contributed by atoms with E-state index in [9.17, 15) is 21.6 Å². The zero-order chi connectivity index (χ0) is 21.5. The van der Waals surface area contributed by atoms with Crippen molar-refractivity contribution < 1.29 is 26.3 Å². The molecule has 0 bridgehead atoms. The second kappa shape index (κ2) is 11.9. The highest BCUT2D eigenvalue weighted by molar-refractivity contribution is 14.0. The number of para-hydroxylation sites is 1. The lowest BCUT2D eigenvalue weighted by Gasteiger charge is -2.30. The third-order valence-corrected chi connectivity index (χ3v) is 5.85. The minimum Gasteiger partial charge on any atom is -0.405 e. The Morgan fingerprint density at radius 1 is 1.23 bits per heavy atom.